The number of carbonyl (C=O) groups is 1. The highest BCUT2D eigenvalue weighted by atomic mass is 32.2. The van der Waals surface area contributed by atoms with Gasteiger partial charge in [0.2, 0.25) is 15.9 Å². The van der Waals surface area contributed by atoms with Crippen molar-refractivity contribution in [1.82, 2.24) is 14.1 Å². The molecule has 0 unspecified atom stereocenters. The van der Waals surface area contributed by atoms with Gasteiger partial charge in [0, 0.05) is 26.2 Å². The number of sulfonamides is 1. The predicted octanol–water partition coefficient (Wildman–Crippen LogP) is -1.35. The quantitative estimate of drug-likeness (QED) is 0.620. The summed E-state index contributed by atoms with van der Waals surface area (Å²) < 4.78 is 23.9. The Bertz CT molecular complexity index is 345. The highest BCUT2D eigenvalue weighted by Crippen LogP contribution is 2.06. The number of nitrogens with zero attached hydrogens (tertiary/aromatic N) is 3. The van der Waals surface area contributed by atoms with Gasteiger partial charge in [-0.25, -0.2) is 8.42 Å². The van der Waals surface area contributed by atoms with Crippen LogP contribution in [0.25, 0.3) is 0 Å². The van der Waals surface area contributed by atoms with E-state index in [-0.39, 0.29) is 5.91 Å². The molecule has 0 spiro atoms. The molecule has 0 radical (unpaired) electrons. The van der Waals surface area contributed by atoms with Crippen molar-refractivity contribution >= 4 is 15.9 Å². The van der Waals surface area contributed by atoms with E-state index in [1.165, 1.54) is 10.6 Å². The summed E-state index contributed by atoms with van der Waals surface area (Å²) in [4.78, 5) is 15.2. The van der Waals surface area contributed by atoms with Crippen LogP contribution in [0.3, 0.4) is 0 Å². The zero-order valence-electron chi connectivity index (χ0n) is 10.0. The van der Waals surface area contributed by atoms with Crippen molar-refractivity contribution in [3.8, 4) is 0 Å². The van der Waals surface area contributed by atoms with Gasteiger partial charge in [-0.2, -0.15) is 4.31 Å². The second-order valence-corrected chi connectivity index (χ2v) is 6.26. The van der Waals surface area contributed by atoms with Crippen molar-refractivity contribution in [3.05, 3.63) is 0 Å². The minimum atomic E-state index is -3.11. The monoisotopic (exact) mass is 249 g/mol. The van der Waals surface area contributed by atoms with Gasteiger partial charge in [-0.05, 0) is 14.1 Å². The van der Waals surface area contributed by atoms with E-state index in [0.717, 1.165) is 0 Å². The standard InChI is InChI=1S/C9H19N3O3S/c1-10(2)8-9(13)11-4-6-12(7-5-11)16(3,14)15/h4-8H2,1-3H3. The molecular weight excluding hydrogens is 230 g/mol. The molecule has 1 saturated heterocycles. The van der Waals surface area contributed by atoms with Crippen molar-refractivity contribution < 1.29 is 13.2 Å². The van der Waals surface area contributed by atoms with Gasteiger partial charge in [0.25, 0.3) is 0 Å². The van der Waals surface area contributed by atoms with Gasteiger partial charge in [0.1, 0.15) is 0 Å². The smallest absolute Gasteiger partial charge is 0.236 e. The van der Waals surface area contributed by atoms with Crippen LogP contribution in [-0.4, -0.2) is 81.5 Å². The van der Waals surface area contributed by atoms with E-state index in [0.29, 0.717) is 32.7 Å². The highest BCUT2D eigenvalue weighted by Gasteiger charge is 2.25. The van der Waals surface area contributed by atoms with E-state index < -0.39 is 10.0 Å². The van der Waals surface area contributed by atoms with Gasteiger partial charge in [0.05, 0.1) is 12.8 Å². The lowest BCUT2D eigenvalue weighted by Gasteiger charge is -2.33. The molecule has 1 aliphatic rings. The third-order valence-corrected chi connectivity index (χ3v) is 3.82. The first-order valence-corrected chi connectivity index (χ1v) is 7.03. The van der Waals surface area contributed by atoms with Crippen molar-refractivity contribution in [2.45, 2.75) is 0 Å². The fourth-order valence-electron chi connectivity index (χ4n) is 1.64. The summed E-state index contributed by atoms with van der Waals surface area (Å²) in [5.74, 6) is 0.0538. The Balaban J connectivity index is 2.46. The van der Waals surface area contributed by atoms with Gasteiger partial charge in [0.15, 0.2) is 0 Å². The molecule has 7 heteroatoms. The summed E-state index contributed by atoms with van der Waals surface area (Å²) in [7, 11) is 0.563. The Morgan fingerprint density at radius 1 is 1.19 bits per heavy atom. The largest absolute Gasteiger partial charge is 0.339 e. The van der Waals surface area contributed by atoms with Crippen LogP contribution >= 0.6 is 0 Å². The molecule has 0 bridgehead atoms. The zero-order valence-corrected chi connectivity index (χ0v) is 10.8. The van der Waals surface area contributed by atoms with Crippen LogP contribution in [-0.2, 0) is 14.8 Å². The topological polar surface area (TPSA) is 60.9 Å². The van der Waals surface area contributed by atoms with E-state index in [9.17, 15) is 13.2 Å². The maximum atomic E-state index is 11.7. The van der Waals surface area contributed by atoms with E-state index in [2.05, 4.69) is 0 Å². The Kier molecular flexibility index (Phi) is 4.28. The molecule has 0 aromatic rings. The minimum Gasteiger partial charge on any atom is -0.339 e. The zero-order chi connectivity index (χ0) is 12.3. The summed E-state index contributed by atoms with van der Waals surface area (Å²) in [6.45, 7) is 2.15. The molecule has 0 aromatic heterocycles. The average Bonchev–Trinajstić information content (AvgIpc) is 2.15. The summed E-state index contributed by atoms with van der Waals surface area (Å²) in [5.41, 5.74) is 0. The van der Waals surface area contributed by atoms with E-state index in [4.69, 9.17) is 0 Å². The number of amides is 1. The molecule has 0 aliphatic carbocycles. The first-order chi connectivity index (χ1) is 7.30. The van der Waals surface area contributed by atoms with Crippen LogP contribution in [0.4, 0.5) is 0 Å². The van der Waals surface area contributed by atoms with Crippen LogP contribution in [0.1, 0.15) is 0 Å². The number of hydrogen-bond acceptors (Lipinski definition) is 4. The Morgan fingerprint density at radius 2 is 1.69 bits per heavy atom. The molecule has 1 heterocycles. The SMILES string of the molecule is CN(C)CC(=O)N1CCN(S(C)(=O)=O)CC1. The van der Waals surface area contributed by atoms with Gasteiger partial charge in [-0.3, -0.25) is 4.79 Å². The summed E-state index contributed by atoms with van der Waals surface area (Å²) in [6.07, 6.45) is 1.20. The minimum absolute atomic E-state index is 0.0538. The van der Waals surface area contributed by atoms with Gasteiger partial charge in [-0.15, -0.1) is 0 Å². The molecule has 94 valence electrons. The second kappa shape index (κ2) is 5.11. The first kappa shape index (κ1) is 13.4. The molecular formula is C9H19N3O3S. The van der Waals surface area contributed by atoms with Crippen molar-refractivity contribution in [2.75, 3.05) is 53.1 Å². The molecule has 1 rings (SSSR count). The maximum absolute atomic E-state index is 11.7. The van der Waals surface area contributed by atoms with Gasteiger partial charge < -0.3 is 9.80 Å². The molecule has 0 aromatic carbocycles. The van der Waals surface area contributed by atoms with Crippen molar-refractivity contribution in [2.24, 2.45) is 0 Å². The Morgan fingerprint density at radius 3 is 2.06 bits per heavy atom. The molecule has 16 heavy (non-hydrogen) atoms. The summed E-state index contributed by atoms with van der Waals surface area (Å²) in [6, 6.07) is 0. The van der Waals surface area contributed by atoms with Gasteiger partial charge in [-0.1, -0.05) is 0 Å². The third kappa shape index (κ3) is 3.73. The van der Waals surface area contributed by atoms with Crippen LogP contribution in [0.15, 0.2) is 0 Å². The van der Waals surface area contributed by atoms with Crippen molar-refractivity contribution in [3.63, 3.8) is 0 Å². The van der Waals surface area contributed by atoms with Crippen LogP contribution in [0.2, 0.25) is 0 Å². The summed E-state index contributed by atoms with van der Waals surface area (Å²) >= 11 is 0. The second-order valence-electron chi connectivity index (χ2n) is 4.28. The molecule has 6 nitrogen and oxygen atoms in total. The van der Waals surface area contributed by atoms with E-state index in [1.54, 1.807) is 4.90 Å². The van der Waals surface area contributed by atoms with Crippen LogP contribution < -0.4 is 0 Å². The van der Waals surface area contributed by atoms with E-state index >= 15 is 0 Å². The average molecular weight is 249 g/mol. The maximum Gasteiger partial charge on any atom is 0.236 e. The van der Waals surface area contributed by atoms with Crippen LogP contribution in [0.5, 0.6) is 0 Å². The predicted molar refractivity (Wildman–Crippen MR) is 61.6 cm³/mol. The normalized spacial score (nSPS) is 19.1. The molecule has 0 saturated carbocycles. The Labute approximate surface area is 96.9 Å². The third-order valence-electron chi connectivity index (χ3n) is 2.51. The lowest BCUT2D eigenvalue weighted by Crippen LogP contribution is -2.51. The Hall–Kier alpha value is -0.660. The van der Waals surface area contributed by atoms with E-state index in [1.807, 2.05) is 19.0 Å². The number of carbonyl (C=O) groups excluding carboxylic acids is 1. The fourth-order valence-corrected chi connectivity index (χ4v) is 2.47. The number of piperazine rings is 1. The first-order valence-electron chi connectivity index (χ1n) is 5.18. The fraction of sp³-hybridized carbons (Fsp3) is 0.889. The molecule has 0 atom stereocenters. The highest BCUT2D eigenvalue weighted by molar-refractivity contribution is 7.88. The lowest BCUT2D eigenvalue weighted by molar-refractivity contribution is -0.133. The number of rotatable bonds is 3. The molecule has 0 N–H and O–H groups in total. The lowest BCUT2D eigenvalue weighted by atomic mass is 10.3. The molecule has 1 fully saturated rings. The molecule has 1 aliphatic heterocycles. The molecule has 1 amide bonds. The van der Waals surface area contributed by atoms with Gasteiger partial charge >= 0.3 is 0 Å². The van der Waals surface area contributed by atoms with Crippen LogP contribution in [0, 0.1) is 0 Å². The summed E-state index contributed by atoms with van der Waals surface area (Å²) in [5, 5.41) is 0. The van der Waals surface area contributed by atoms with Crippen molar-refractivity contribution in [1.29, 1.82) is 0 Å². The number of likely N-dealkylation sites (N-methyl/N-ethyl adjacent to an activating group) is 1. The number of hydrogen-bond donors (Lipinski definition) is 0.